The summed E-state index contributed by atoms with van der Waals surface area (Å²) in [5.74, 6) is 0.0935. The Kier molecular flexibility index (Phi) is 4.70. The highest BCUT2D eigenvalue weighted by atomic mass is 19.4. The maximum atomic E-state index is 13.0. The molecule has 0 unspecified atom stereocenters. The van der Waals surface area contributed by atoms with Crippen LogP contribution < -0.4 is 10.1 Å². The number of alkyl halides is 3. The molecule has 0 saturated heterocycles. The van der Waals surface area contributed by atoms with E-state index in [-0.39, 0.29) is 12.5 Å². The zero-order chi connectivity index (χ0) is 20.5. The van der Waals surface area contributed by atoms with Gasteiger partial charge in [-0.1, -0.05) is 24.3 Å². The lowest BCUT2D eigenvalue weighted by Gasteiger charge is -2.38. The number of carbonyl (C=O) groups is 1. The molecule has 8 heteroatoms. The van der Waals surface area contributed by atoms with Crippen LogP contribution in [0.15, 0.2) is 67.0 Å². The third-order valence-corrected chi connectivity index (χ3v) is 4.82. The highest BCUT2D eigenvalue weighted by molar-refractivity contribution is 5.95. The molecule has 1 atom stereocenters. The van der Waals surface area contributed by atoms with Crippen LogP contribution in [0, 0.1) is 0 Å². The molecule has 0 fully saturated rings. The van der Waals surface area contributed by atoms with Gasteiger partial charge in [0.25, 0.3) is 5.91 Å². The van der Waals surface area contributed by atoms with Gasteiger partial charge >= 0.3 is 6.18 Å². The molecular weight excluding hydrogens is 383 g/mol. The van der Waals surface area contributed by atoms with E-state index in [1.165, 1.54) is 6.07 Å². The molecule has 1 aromatic carbocycles. The molecular formula is C21H16F3N3O2. The van der Waals surface area contributed by atoms with Crippen LogP contribution in [0.3, 0.4) is 0 Å². The first-order chi connectivity index (χ1) is 13.9. The number of halogens is 3. The first-order valence-electron chi connectivity index (χ1n) is 8.90. The number of hydrogen-bond donors (Lipinski definition) is 1. The second kappa shape index (κ2) is 7.20. The summed E-state index contributed by atoms with van der Waals surface area (Å²) in [6.07, 6.45) is -1.57. The first kappa shape index (κ1) is 18.9. The van der Waals surface area contributed by atoms with Crippen LogP contribution in [0.4, 0.5) is 13.2 Å². The average Bonchev–Trinajstić information content (AvgIpc) is 2.74. The lowest BCUT2D eigenvalue weighted by Crippen LogP contribution is -2.50. The normalized spacial score (nSPS) is 18.4. The number of ether oxygens (including phenoxy) is 1. The molecule has 0 saturated carbocycles. The summed E-state index contributed by atoms with van der Waals surface area (Å²) in [6, 6.07) is 14.2. The summed E-state index contributed by atoms with van der Waals surface area (Å²) in [6.45, 7) is 0.259. The third kappa shape index (κ3) is 3.53. The fourth-order valence-corrected chi connectivity index (χ4v) is 3.40. The molecule has 0 spiro atoms. The Morgan fingerprint density at radius 2 is 1.83 bits per heavy atom. The maximum Gasteiger partial charge on any atom is 0.433 e. The van der Waals surface area contributed by atoms with Gasteiger partial charge in [-0.3, -0.25) is 14.8 Å². The zero-order valence-corrected chi connectivity index (χ0v) is 15.1. The third-order valence-electron chi connectivity index (χ3n) is 4.82. The average molecular weight is 399 g/mol. The molecule has 3 aromatic rings. The summed E-state index contributed by atoms with van der Waals surface area (Å²) in [7, 11) is 0. The molecule has 0 aliphatic carbocycles. The molecule has 3 heterocycles. The van der Waals surface area contributed by atoms with Crippen molar-refractivity contribution in [2.24, 2.45) is 0 Å². The molecule has 1 aliphatic heterocycles. The minimum absolute atomic E-state index is 0.259. The standard InChI is InChI=1S/C21H16F3N3O2/c22-21(23,24)17-9-8-15(13-26-17)20(27-19(28)14-5-2-1-3-6-14)10-12-29-16-7-4-11-25-18(16)20/h1-9,11,13H,10,12H2,(H,27,28)/t20-/m0/s1. The largest absolute Gasteiger partial charge is 0.491 e. The van der Waals surface area contributed by atoms with E-state index < -0.39 is 17.4 Å². The Bertz CT molecular complexity index is 1020. The lowest BCUT2D eigenvalue weighted by molar-refractivity contribution is -0.141. The molecule has 148 valence electrons. The Hall–Kier alpha value is -3.42. The van der Waals surface area contributed by atoms with E-state index in [1.54, 1.807) is 48.7 Å². The van der Waals surface area contributed by atoms with Crippen molar-refractivity contribution < 1.29 is 22.7 Å². The van der Waals surface area contributed by atoms with Crippen LogP contribution in [0.2, 0.25) is 0 Å². The topological polar surface area (TPSA) is 64.1 Å². The number of rotatable bonds is 3. The first-order valence-corrected chi connectivity index (χ1v) is 8.90. The van der Waals surface area contributed by atoms with Gasteiger partial charge in [0, 0.05) is 29.9 Å². The second-order valence-electron chi connectivity index (χ2n) is 6.60. The van der Waals surface area contributed by atoms with Crippen LogP contribution in [0.1, 0.15) is 33.7 Å². The molecule has 1 amide bonds. The van der Waals surface area contributed by atoms with Gasteiger partial charge in [-0.15, -0.1) is 0 Å². The minimum Gasteiger partial charge on any atom is -0.491 e. The lowest BCUT2D eigenvalue weighted by atomic mass is 9.81. The predicted octanol–water partition coefficient (Wildman–Crippen LogP) is 3.95. The zero-order valence-electron chi connectivity index (χ0n) is 15.1. The number of hydrogen-bond acceptors (Lipinski definition) is 4. The van der Waals surface area contributed by atoms with Crippen LogP contribution in [-0.2, 0) is 11.7 Å². The number of benzene rings is 1. The molecule has 0 radical (unpaired) electrons. The number of nitrogens with zero attached hydrogens (tertiary/aromatic N) is 2. The van der Waals surface area contributed by atoms with Gasteiger partial charge < -0.3 is 10.1 Å². The van der Waals surface area contributed by atoms with Gasteiger partial charge in [0.15, 0.2) is 0 Å². The maximum absolute atomic E-state index is 13.0. The van der Waals surface area contributed by atoms with Gasteiger partial charge in [0.1, 0.15) is 22.7 Å². The SMILES string of the molecule is O=C(N[C@]1(c2ccc(C(F)(F)F)nc2)CCOc2cccnc21)c1ccccc1. The summed E-state index contributed by atoms with van der Waals surface area (Å²) in [5.41, 5.74) is -0.913. The molecule has 4 rings (SSSR count). The Morgan fingerprint density at radius 3 is 2.52 bits per heavy atom. The number of aromatic nitrogens is 2. The summed E-state index contributed by atoms with van der Waals surface area (Å²) < 4.78 is 44.5. The molecule has 0 bridgehead atoms. The molecule has 5 nitrogen and oxygen atoms in total. The molecule has 1 N–H and O–H groups in total. The number of fused-ring (bicyclic) bond motifs is 1. The van der Waals surface area contributed by atoms with Gasteiger partial charge in [0.2, 0.25) is 0 Å². The Morgan fingerprint density at radius 1 is 1.03 bits per heavy atom. The fourth-order valence-electron chi connectivity index (χ4n) is 3.40. The van der Waals surface area contributed by atoms with Crippen molar-refractivity contribution in [1.82, 2.24) is 15.3 Å². The van der Waals surface area contributed by atoms with E-state index in [9.17, 15) is 18.0 Å². The summed E-state index contributed by atoms with van der Waals surface area (Å²) >= 11 is 0. The predicted molar refractivity (Wildman–Crippen MR) is 98.3 cm³/mol. The van der Waals surface area contributed by atoms with Crippen molar-refractivity contribution in [3.8, 4) is 5.75 Å². The van der Waals surface area contributed by atoms with E-state index in [4.69, 9.17) is 4.74 Å². The Labute approximate surface area is 164 Å². The van der Waals surface area contributed by atoms with Crippen molar-refractivity contribution in [3.63, 3.8) is 0 Å². The van der Waals surface area contributed by atoms with Gasteiger partial charge in [-0.2, -0.15) is 13.2 Å². The quantitative estimate of drug-likeness (QED) is 0.724. The van der Waals surface area contributed by atoms with E-state index in [0.717, 1.165) is 12.3 Å². The Balaban J connectivity index is 1.82. The van der Waals surface area contributed by atoms with Gasteiger partial charge in [-0.25, -0.2) is 0 Å². The summed E-state index contributed by atoms with van der Waals surface area (Å²) in [5, 5.41) is 2.98. The van der Waals surface area contributed by atoms with Crippen molar-refractivity contribution in [1.29, 1.82) is 0 Å². The van der Waals surface area contributed by atoms with Crippen molar-refractivity contribution in [2.75, 3.05) is 6.61 Å². The van der Waals surface area contributed by atoms with Gasteiger partial charge in [-0.05, 0) is 30.3 Å². The summed E-state index contributed by atoms with van der Waals surface area (Å²) in [4.78, 5) is 20.9. The minimum atomic E-state index is -4.55. The number of nitrogens with one attached hydrogen (secondary N) is 1. The van der Waals surface area contributed by atoms with Crippen molar-refractivity contribution in [3.05, 3.63) is 89.5 Å². The van der Waals surface area contributed by atoms with E-state index in [1.807, 2.05) is 0 Å². The van der Waals surface area contributed by atoms with E-state index >= 15 is 0 Å². The molecule has 1 aliphatic rings. The van der Waals surface area contributed by atoms with Crippen LogP contribution in [0.25, 0.3) is 0 Å². The molecule has 2 aromatic heterocycles. The number of pyridine rings is 2. The van der Waals surface area contributed by atoms with Crippen LogP contribution in [-0.4, -0.2) is 22.5 Å². The van der Waals surface area contributed by atoms with Crippen molar-refractivity contribution in [2.45, 2.75) is 18.1 Å². The highest BCUT2D eigenvalue weighted by Gasteiger charge is 2.43. The fraction of sp³-hybridized carbons (Fsp3) is 0.190. The van der Waals surface area contributed by atoms with E-state index in [0.29, 0.717) is 29.0 Å². The van der Waals surface area contributed by atoms with Gasteiger partial charge in [0.05, 0.1) is 6.61 Å². The van der Waals surface area contributed by atoms with Crippen LogP contribution >= 0.6 is 0 Å². The number of carbonyl (C=O) groups excluding carboxylic acids is 1. The highest BCUT2D eigenvalue weighted by Crippen LogP contribution is 2.41. The molecule has 29 heavy (non-hydrogen) atoms. The monoisotopic (exact) mass is 399 g/mol. The smallest absolute Gasteiger partial charge is 0.433 e. The van der Waals surface area contributed by atoms with E-state index in [2.05, 4.69) is 15.3 Å². The van der Waals surface area contributed by atoms with Crippen molar-refractivity contribution >= 4 is 5.91 Å². The van der Waals surface area contributed by atoms with Crippen LogP contribution in [0.5, 0.6) is 5.75 Å². The second-order valence-corrected chi connectivity index (χ2v) is 6.60. The number of amides is 1.